The van der Waals surface area contributed by atoms with Gasteiger partial charge in [0.25, 0.3) is 5.56 Å². The van der Waals surface area contributed by atoms with Crippen LogP contribution in [0.15, 0.2) is 28.0 Å². The molecule has 0 aromatic carbocycles. The van der Waals surface area contributed by atoms with Crippen LogP contribution < -0.4 is 11.2 Å². The second kappa shape index (κ2) is 8.97. The molecule has 9 nitrogen and oxygen atoms in total. The van der Waals surface area contributed by atoms with E-state index in [-0.39, 0.29) is 11.5 Å². The number of aryl methyl sites for hydroxylation is 2. The van der Waals surface area contributed by atoms with Crippen molar-refractivity contribution in [3.8, 4) is 0 Å². The largest absolute Gasteiger partial charge is 0.340 e. The Hall–Kier alpha value is -2.43. The van der Waals surface area contributed by atoms with E-state index < -0.39 is 5.69 Å². The summed E-state index contributed by atoms with van der Waals surface area (Å²) in [4.78, 5) is 46.9. The number of imidazole rings is 1. The number of hydrogen-bond acceptors (Lipinski definition) is 6. The topological polar surface area (TPSA) is 85.4 Å². The van der Waals surface area contributed by atoms with Crippen LogP contribution in [0.1, 0.15) is 17.7 Å². The zero-order valence-corrected chi connectivity index (χ0v) is 19.2. The third kappa shape index (κ3) is 4.46. The van der Waals surface area contributed by atoms with E-state index in [1.165, 1.54) is 16.5 Å². The molecule has 4 heterocycles. The summed E-state index contributed by atoms with van der Waals surface area (Å²) in [6, 6.07) is 3.97. The number of aromatic nitrogens is 4. The molecule has 11 heteroatoms. The molecule has 1 aliphatic rings. The van der Waals surface area contributed by atoms with Crippen molar-refractivity contribution in [2.24, 2.45) is 14.1 Å². The van der Waals surface area contributed by atoms with Crippen LogP contribution in [-0.2, 0) is 32.0 Å². The second-order valence-electron chi connectivity index (χ2n) is 7.78. The van der Waals surface area contributed by atoms with E-state index in [1.807, 2.05) is 11.0 Å². The van der Waals surface area contributed by atoms with Crippen molar-refractivity contribution in [3.63, 3.8) is 0 Å². The van der Waals surface area contributed by atoms with Gasteiger partial charge in [0.2, 0.25) is 5.91 Å². The smallest absolute Gasteiger partial charge is 0.332 e. The lowest BCUT2D eigenvalue weighted by molar-refractivity contribution is -0.133. The van der Waals surface area contributed by atoms with Crippen molar-refractivity contribution in [1.29, 1.82) is 0 Å². The molecule has 0 bridgehead atoms. The second-order valence-corrected chi connectivity index (χ2v) is 9.58. The zero-order valence-electron chi connectivity index (χ0n) is 17.6. The van der Waals surface area contributed by atoms with Crippen LogP contribution in [-0.4, -0.2) is 60.6 Å². The van der Waals surface area contributed by atoms with Gasteiger partial charge in [0.1, 0.15) is 0 Å². The van der Waals surface area contributed by atoms with E-state index in [2.05, 4.69) is 16.0 Å². The molecular weight excluding hydrogens is 440 g/mol. The first-order chi connectivity index (χ1) is 14.8. The highest BCUT2D eigenvalue weighted by atomic mass is 35.5. The normalized spacial score (nSPS) is 15.1. The molecule has 0 unspecified atom stereocenters. The van der Waals surface area contributed by atoms with Gasteiger partial charge < -0.3 is 9.47 Å². The summed E-state index contributed by atoms with van der Waals surface area (Å²) in [6.45, 7) is 4.48. The van der Waals surface area contributed by atoms with Crippen LogP contribution >= 0.6 is 22.9 Å². The molecule has 0 N–H and O–H groups in total. The number of halogens is 1. The molecule has 0 spiro atoms. The summed E-state index contributed by atoms with van der Waals surface area (Å²) in [7, 11) is 3.05. The van der Waals surface area contributed by atoms with Crippen LogP contribution in [0.5, 0.6) is 0 Å². The average Bonchev–Trinajstić information content (AvgIpc) is 3.37. The molecule has 0 radical (unpaired) electrons. The molecule has 0 aliphatic carbocycles. The van der Waals surface area contributed by atoms with Gasteiger partial charge in [0.05, 0.1) is 10.7 Å². The lowest BCUT2D eigenvalue weighted by Crippen LogP contribution is -2.48. The van der Waals surface area contributed by atoms with E-state index in [0.29, 0.717) is 43.6 Å². The number of nitrogens with zero attached hydrogens (tertiary/aromatic N) is 6. The highest BCUT2D eigenvalue weighted by Crippen LogP contribution is 2.23. The van der Waals surface area contributed by atoms with E-state index in [1.54, 1.807) is 29.3 Å². The molecule has 3 aromatic rings. The maximum atomic E-state index is 12.6. The van der Waals surface area contributed by atoms with Gasteiger partial charge in [-0.15, -0.1) is 11.3 Å². The summed E-state index contributed by atoms with van der Waals surface area (Å²) in [6.07, 6.45) is 2.57. The lowest BCUT2D eigenvalue weighted by Gasteiger charge is -2.34. The Balaban J connectivity index is 1.30. The Morgan fingerprint density at radius 3 is 2.55 bits per heavy atom. The number of hydrogen-bond donors (Lipinski definition) is 0. The van der Waals surface area contributed by atoms with Crippen LogP contribution in [0.3, 0.4) is 0 Å². The van der Waals surface area contributed by atoms with Gasteiger partial charge in [0.15, 0.2) is 11.2 Å². The average molecular weight is 465 g/mol. The predicted octanol–water partition coefficient (Wildman–Crippen LogP) is 1.27. The molecule has 166 valence electrons. The fraction of sp³-hybridized carbons (Fsp3) is 0.500. The molecule has 3 aromatic heterocycles. The zero-order chi connectivity index (χ0) is 22.1. The molecule has 1 fully saturated rings. The van der Waals surface area contributed by atoms with Crippen LogP contribution in [0, 0.1) is 0 Å². The van der Waals surface area contributed by atoms with Crippen molar-refractivity contribution in [3.05, 3.63) is 48.5 Å². The molecule has 1 aliphatic heterocycles. The summed E-state index contributed by atoms with van der Waals surface area (Å²) in [5.41, 5.74) is -0.0220. The maximum absolute atomic E-state index is 12.6. The van der Waals surface area contributed by atoms with Gasteiger partial charge in [-0.1, -0.05) is 11.6 Å². The van der Waals surface area contributed by atoms with Crippen LogP contribution in [0.2, 0.25) is 4.34 Å². The van der Waals surface area contributed by atoms with E-state index in [9.17, 15) is 14.4 Å². The number of fused-ring (bicyclic) bond motifs is 1. The maximum Gasteiger partial charge on any atom is 0.332 e. The lowest BCUT2D eigenvalue weighted by atomic mass is 10.2. The minimum atomic E-state index is -0.403. The first-order valence-electron chi connectivity index (χ1n) is 10.2. The molecule has 1 amide bonds. The molecule has 0 atom stereocenters. The van der Waals surface area contributed by atoms with Gasteiger partial charge in [-0.25, -0.2) is 9.78 Å². The van der Waals surface area contributed by atoms with Gasteiger partial charge in [-0.2, -0.15) is 0 Å². The summed E-state index contributed by atoms with van der Waals surface area (Å²) < 4.78 is 4.97. The summed E-state index contributed by atoms with van der Waals surface area (Å²) in [5, 5.41) is 0. The summed E-state index contributed by atoms with van der Waals surface area (Å²) >= 11 is 7.59. The predicted molar refractivity (Wildman–Crippen MR) is 121 cm³/mol. The fourth-order valence-corrected chi connectivity index (χ4v) is 5.07. The Morgan fingerprint density at radius 2 is 1.87 bits per heavy atom. The van der Waals surface area contributed by atoms with Crippen molar-refractivity contribution >= 4 is 40.0 Å². The third-order valence-electron chi connectivity index (χ3n) is 5.74. The van der Waals surface area contributed by atoms with Crippen LogP contribution in [0.25, 0.3) is 11.2 Å². The first-order valence-corrected chi connectivity index (χ1v) is 11.4. The van der Waals surface area contributed by atoms with Gasteiger partial charge in [-0.05, 0) is 18.6 Å². The van der Waals surface area contributed by atoms with Gasteiger partial charge >= 0.3 is 5.69 Å². The number of carbonyl (C=O) groups excluding carboxylic acids is 1. The first kappa shape index (κ1) is 21.8. The molecule has 4 rings (SSSR count). The van der Waals surface area contributed by atoms with Crippen LogP contribution in [0.4, 0.5) is 0 Å². The number of piperazine rings is 1. The van der Waals surface area contributed by atoms with Crippen molar-refractivity contribution in [1.82, 2.24) is 28.5 Å². The van der Waals surface area contributed by atoms with Crippen molar-refractivity contribution < 1.29 is 4.79 Å². The minimum absolute atomic E-state index is 0.128. The molecule has 0 saturated carbocycles. The minimum Gasteiger partial charge on any atom is -0.340 e. The Morgan fingerprint density at radius 1 is 1.13 bits per heavy atom. The van der Waals surface area contributed by atoms with Gasteiger partial charge in [0, 0.05) is 64.7 Å². The monoisotopic (exact) mass is 464 g/mol. The summed E-state index contributed by atoms with van der Waals surface area (Å²) in [5.74, 6) is 0.128. The van der Waals surface area contributed by atoms with Crippen molar-refractivity contribution in [2.45, 2.75) is 25.9 Å². The highest BCUT2D eigenvalue weighted by Gasteiger charge is 2.21. The number of carbonyl (C=O) groups is 1. The van der Waals surface area contributed by atoms with Crippen molar-refractivity contribution in [2.75, 3.05) is 26.2 Å². The fourth-order valence-electron chi connectivity index (χ4n) is 3.94. The Kier molecular flexibility index (Phi) is 6.31. The van der Waals surface area contributed by atoms with E-state index >= 15 is 0 Å². The molecule has 31 heavy (non-hydrogen) atoms. The Bertz CT molecular complexity index is 1220. The SMILES string of the molecule is Cn1c(=O)c2c(ncn2CCCC(=O)N2CCN(Cc3ccc(Cl)s3)CC2)n(C)c1=O. The number of rotatable bonds is 6. The Labute approximate surface area is 188 Å². The third-order valence-corrected chi connectivity index (χ3v) is 6.96. The molecule has 1 saturated heterocycles. The highest BCUT2D eigenvalue weighted by molar-refractivity contribution is 7.16. The molecular formula is C20H25ClN6O3S. The van der Waals surface area contributed by atoms with E-state index in [0.717, 1.165) is 28.5 Å². The quantitative estimate of drug-likeness (QED) is 0.548. The number of thiophene rings is 1. The number of amides is 1. The van der Waals surface area contributed by atoms with Gasteiger partial charge in [-0.3, -0.25) is 23.6 Å². The van der Waals surface area contributed by atoms with E-state index in [4.69, 9.17) is 11.6 Å². The standard InChI is InChI=1S/C20H25ClN6O3S/c1-23-18-17(19(29)24(2)20(23)30)27(13-22-18)7-3-4-16(28)26-10-8-25(9-11-26)12-14-5-6-15(21)31-14/h5-6,13H,3-4,7-12H2,1-2H3.